The number of fused-ring (bicyclic) bond motifs is 2. The van der Waals surface area contributed by atoms with Gasteiger partial charge < -0.3 is 9.64 Å². The van der Waals surface area contributed by atoms with Gasteiger partial charge in [-0.15, -0.1) is 11.3 Å². The van der Waals surface area contributed by atoms with Crippen LogP contribution < -0.4 is 9.64 Å². The summed E-state index contributed by atoms with van der Waals surface area (Å²) in [4.78, 5) is 11.8. The average Bonchev–Trinajstić information content (AvgIpc) is 3.38. The molecule has 0 spiro atoms. The average molecular weight is 510 g/mol. The van der Waals surface area contributed by atoms with E-state index in [1.54, 1.807) is 30.1 Å². The van der Waals surface area contributed by atoms with Crippen LogP contribution in [0.25, 0.3) is 26.9 Å². The second-order valence-electron chi connectivity index (χ2n) is 8.37. The Bertz CT molecular complexity index is 1510. The summed E-state index contributed by atoms with van der Waals surface area (Å²) in [5, 5.41) is 0. The van der Waals surface area contributed by atoms with Crippen LogP contribution in [0, 0.1) is 0 Å². The number of hydrogen-bond acceptors (Lipinski definition) is 6. The Morgan fingerprint density at radius 2 is 1.97 bits per heavy atom. The van der Waals surface area contributed by atoms with Gasteiger partial charge in [0.1, 0.15) is 5.76 Å². The van der Waals surface area contributed by atoms with Crippen LogP contribution in [0.4, 0.5) is 5.69 Å². The van der Waals surface area contributed by atoms with E-state index in [2.05, 4.69) is 102 Å². The maximum atomic E-state index is 6.27. The quantitative estimate of drug-likeness (QED) is 0.108. The van der Waals surface area contributed by atoms with Crippen LogP contribution in [0.5, 0.6) is 5.75 Å². The van der Waals surface area contributed by atoms with E-state index in [1.807, 2.05) is 23.3 Å². The highest BCUT2D eigenvalue weighted by atomic mass is 32.2. The number of nitrogens with zero attached hydrogens (tertiary/aromatic N) is 3. The molecule has 0 bridgehead atoms. The zero-order chi connectivity index (χ0) is 24.9. The van der Waals surface area contributed by atoms with Gasteiger partial charge in [-0.2, -0.15) is 0 Å². The molecule has 0 atom stereocenters. The molecule has 0 radical (unpaired) electrons. The summed E-state index contributed by atoms with van der Waals surface area (Å²) in [5.74, 6) is 1.65. The predicted octanol–water partition coefficient (Wildman–Crippen LogP) is 8.43. The van der Waals surface area contributed by atoms with Gasteiger partial charge in [-0.25, -0.2) is 4.98 Å². The van der Waals surface area contributed by atoms with Crippen molar-refractivity contribution in [3.8, 4) is 16.9 Å². The van der Waals surface area contributed by atoms with Crippen molar-refractivity contribution in [1.82, 2.24) is 4.98 Å². The fourth-order valence-electron chi connectivity index (χ4n) is 4.12. The van der Waals surface area contributed by atoms with E-state index in [9.17, 15) is 0 Å². The SMILES string of the molecule is CC/C=C(\C=C/C1=CN(C)c2cc(-c3ccc4ncsc4c3)ccc2O1)c1cccc(S/C=N\C)c1. The van der Waals surface area contributed by atoms with E-state index >= 15 is 0 Å². The molecule has 0 aliphatic carbocycles. The highest BCUT2D eigenvalue weighted by Gasteiger charge is 2.17. The number of thiazole rings is 1. The van der Waals surface area contributed by atoms with Gasteiger partial charge in [-0.05, 0) is 71.2 Å². The molecular weight excluding hydrogens is 482 g/mol. The van der Waals surface area contributed by atoms with Crippen LogP contribution in [-0.2, 0) is 0 Å². The van der Waals surface area contributed by atoms with Crippen molar-refractivity contribution in [3.05, 3.63) is 102 Å². The van der Waals surface area contributed by atoms with Crippen LogP contribution in [0.2, 0.25) is 0 Å². The summed E-state index contributed by atoms with van der Waals surface area (Å²) < 4.78 is 7.46. The minimum Gasteiger partial charge on any atom is -0.454 e. The third-order valence-electron chi connectivity index (χ3n) is 5.86. The number of ether oxygens (including phenoxy) is 1. The Balaban J connectivity index is 1.37. The van der Waals surface area contributed by atoms with Crippen molar-refractivity contribution in [3.63, 3.8) is 0 Å². The van der Waals surface area contributed by atoms with E-state index in [0.717, 1.165) is 34.7 Å². The first-order valence-corrected chi connectivity index (χ1v) is 13.6. The zero-order valence-electron chi connectivity index (χ0n) is 20.5. The Hall–Kier alpha value is -3.61. The number of aliphatic imine (C=N–C) groups is 1. The van der Waals surface area contributed by atoms with Crippen LogP contribution in [0.3, 0.4) is 0 Å². The van der Waals surface area contributed by atoms with Crippen LogP contribution in [-0.4, -0.2) is 24.6 Å². The lowest BCUT2D eigenvalue weighted by Gasteiger charge is -2.25. The Kier molecular flexibility index (Phi) is 7.35. The zero-order valence-corrected chi connectivity index (χ0v) is 22.1. The van der Waals surface area contributed by atoms with Gasteiger partial charge in [-0.1, -0.05) is 55.1 Å². The number of benzene rings is 3. The molecule has 2 heterocycles. The van der Waals surface area contributed by atoms with Crippen molar-refractivity contribution >= 4 is 50.1 Å². The molecule has 3 aromatic carbocycles. The topological polar surface area (TPSA) is 37.7 Å². The number of rotatable bonds is 7. The molecule has 0 fully saturated rings. The molecule has 1 aliphatic heterocycles. The molecule has 36 heavy (non-hydrogen) atoms. The van der Waals surface area contributed by atoms with Crippen LogP contribution >= 0.6 is 23.1 Å². The lowest BCUT2D eigenvalue weighted by molar-refractivity contribution is 0.434. The summed E-state index contributed by atoms with van der Waals surface area (Å²) in [6.07, 6.45) is 9.39. The Morgan fingerprint density at radius 1 is 1.11 bits per heavy atom. The van der Waals surface area contributed by atoms with Crippen molar-refractivity contribution < 1.29 is 4.74 Å². The summed E-state index contributed by atoms with van der Waals surface area (Å²) in [7, 11) is 3.85. The van der Waals surface area contributed by atoms with Gasteiger partial charge in [0.25, 0.3) is 0 Å². The molecule has 0 N–H and O–H groups in total. The normalized spacial score (nSPS) is 13.9. The summed E-state index contributed by atoms with van der Waals surface area (Å²) in [5.41, 5.74) is 10.5. The van der Waals surface area contributed by atoms with Crippen molar-refractivity contribution in [2.75, 3.05) is 19.0 Å². The van der Waals surface area contributed by atoms with Crippen LogP contribution in [0.1, 0.15) is 18.9 Å². The fraction of sp³-hybridized carbons (Fsp3) is 0.133. The first kappa shape index (κ1) is 24.1. The number of thioether (sulfide) groups is 1. The number of hydrogen-bond donors (Lipinski definition) is 0. The molecular formula is C30H27N3OS2. The molecule has 0 saturated heterocycles. The monoisotopic (exact) mass is 509 g/mol. The van der Waals surface area contributed by atoms with E-state index in [4.69, 9.17) is 4.74 Å². The standard InChI is InChI=1S/C30H27N3OS2/c1-4-6-21(22-7-5-8-26(15-22)35-19-31-2)9-12-25-18-33(3)28-16-23(11-14-29(28)34-25)24-10-13-27-30(17-24)36-20-32-27/h5-20H,4H2,1-3H3/b12-9-,21-6+,31-19-. The highest BCUT2D eigenvalue weighted by Crippen LogP contribution is 2.38. The summed E-state index contributed by atoms with van der Waals surface area (Å²) in [6, 6.07) is 21.3. The first-order chi connectivity index (χ1) is 17.6. The lowest BCUT2D eigenvalue weighted by Crippen LogP contribution is -2.16. The minimum absolute atomic E-state index is 0.800. The maximum absolute atomic E-state index is 6.27. The molecule has 5 rings (SSSR count). The van der Waals surface area contributed by atoms with Gasteiger partial charge in [-0.3, -0.25) is 4.99 Å². The molecule has 0 saturated carbocycles. The van der Waals surface area contributed by atoms with Crippen molar-refractivity contribution in [2.45, 2.75) is 18.2 Å². The molecule has 1 aliphatic rings. The van der Waals surface area contributed by atoms with Gasteiger partial charge in [0, 0.05) is 25.2 Å². The maximum Gasteiger partial charge on any atom is 0.151 e. The second kappa shape index (κ2) is 11.0. The van der Waals surface area contributed by atoms with E-state index in [-0.39, 0.29) is 0 Å². The fourth-order valence-corrected chi connectivity index (χ4v) is 5.42. The third kappa shape index (κ3) is 5.30. The van der Waals surface area contributed by atoms with E-state index in [1.165, 1.54) is 26.3 Å². The van der Waals surface area contributed by atoms with E-state index in [0.29, 0.717) is 0 Å². The third-order valence-corrected chi connectivity index (χ3v) is 7.50. The van der Waals surface area contributed by atoms with Crippen LogP contribution in [0.15, 0.2) is 106 Å². The molecule has 6 heteroatoms. The molecule has 4 aromatic rings. The predicted molar refractivity (Wildman–Crippen MR) is 156 cm³/mol. The van der Waals surface area contributed by atoms with Gasteiger partial charge in [0.15, 0.2) is 5.75 Å². The van der Waals surface area contributed by atoms with Crippen molar-refractivity contribution in [1.29, 1.82) is 0 Å². The van der Waals surface area contributed by atoms with Crippen molar-refractivity contribution in [2.24, 2.45) is 4.99 Å². The first-order valence-electron chi connectivity index (χ1n) is 11.8. The Morgan fingerprint density at radius 3 is 2.83 bits per heavy atom. The highest BCUT2D eigenvalue weighted by molar-refractivity contribution is 8.12. The number of aromatic nitrogens is 1. The Labute approximate surface area is 220 Å². The summed E-state index contributed by atoms with van der Waals surface area (Å²) in [6.45, 7) is 2.15. The molecule has 1 aromatic heterocycles. The molecule has 180 valence electrons. The largest absolute Gasteiger partial charge is 0.454 e. The second-order valence-corrected chi connectivity index (χ2v) is 10.2. The van der Waals surface area contributed by atoms with Gasteiger partial charge in [0.2, 0.25) is 0 Å². The molecule has 4 nitrogen and oxygen atoms in total. The number of allylic oxidation sites excluding steroid dienone is 4. The molecule has 0 amide bonds. The molecule has 0 unspecified atom stereocenters. The number of anilines is 1. The van der Waals surface area contributed by atoms with Gasteiger partial charge >= 0.3 is 0 Å². The van der Waals surface area contributed by atoms with Gasteiger partial charge in [0.05, 0.1) is 27.0 Å². The smallest absolute Gasteiger partial charge is 0.151 e. The minimum atomic E-state index is 0.800. The lowest BCUT2D eigenvalue weighted by atomic mass is 10.0. The summed E-state index contributed by atoms with van der Waals surface area (Å²) >= 11 is 3.29. The van der Waals surface area contributed by atoms with E-state index < -0.39 is 0 Å².